The van der Waals surface area contributed by atoms with Crippen LogP contribution in [0, 0.1) is 0 Å². The van der Waals surface area contributed by atoms with Crippen molar-refractivity contribution in [2.45, 2.75) is 26.2 Å². The Morgan fingerprint density at radius 1 is 1.55 bits per heavy atom. The summed E-state index contributed by atoms with van der Waals surface area (Å²) in [4.78, 5) is 4.08. The minimum atomic E-state index is 0.496. The lowest BCUT2D eigenvalue weighted by Gasteiger charge is -1.88. The summed E-state index contributed by atoms with van der Waals surface area (Å²) in [7, 11) is 1.80. The zero-order chi connectivity index (χ0) is 8.27. The number of hydrogen-bond donors (Lipinski definition) is 1. The Labute approximate surface area is 66.4 Å². The van der Waals surface area contributed by atoms with Gasteiger partial charge in [0.15, 0.2) is 5.82 Å². The average Bonchev–Trinajstić information content (AvgIpc) is 2.28. The topological polar surface area (TPSA) is 56.7 Å². The molecular formula is C7H14N4. The molecule has 1 aromatic rings. The molecule has 0 saturated carbocycles. The van der Waals surface area contributed by atoms with Gasteiger partial charge in [-0.15, -0.1) is 0 Å². The van der Waals surface area contributed by atoms with E-state index in [1.807, 2.05) is 0 Å². The molecule has 0 unspecified atom stereocenters. The van der Waals surface area contributed by atoms with Crippen molar-refractivity contribution in [3.8, 4) is 0 Å². The van der Waals surface area contributed by atoms with Crippen molar-refractivity contribution in [1.29, 1.82) is 0 Å². The Hall–Kier alpha value is -1.06. The minimum absolute atomic E-state index is 0.496. The molecule has 1 rings (SSSR count). The first-order valence-electron chi connectivity index (χ1n) is 3.89. The molecule has 0 fully saturated rings. The fraction of sp³-hybridized carbons (Fsp3) is 0.714. The van der Waals surface area contributed by atoms with Gasteiger partial charge in [-0.3, -0.25) is 0 Å². The molecular weight excluding hydrogens is 140 g/mol. The third kappa shape index (κ3) is 1.93. The van der Waals surface area contributed by atoms with E-state index in [4.69, 9.17) is 5.73 Å². The summed E-state index contributed by atoms with van der Waals surface area (Å²) in [6, 6.07) is 0. The number of aryl methyl sites for hydroxylation is 2. The predicted octanol–water partition coefficient (Wildman–Crippen LogP) is 0.740. The molecule has 4 heteroatoms. The number of rotatable bonds is 3. The van der Waals surface area contributed by atoms with E-state index in [1.54, 1.807) is 11.7 Å². The Morgan fingerprint density at radius 2 is 2.27 bits per heavy atom. The van der Waals surface area contributed by atoms with Gasteiger partial charge in [0.25, 0.3) is 0 Å². The third-order valence-electron chi connectivity index (χ3n) is 1.59. The van der Waals surface area contributed by atoms with Crippen molar-refractivity contribution in [3.05, 3.63) is 5.82 Å². The SMILES string of the molecule is CCCCc1nc(N)n(C)n1. The highest BCUT2D eigenvalue weighted by molar-refractivity contribution is 5.15. The van der Waals surface area contributed by atoms with Gasteiger partial charge in [-0.2, -0.15) is 10.1 Å². The summed E-state index contributed by atoms with van der Waals surface area (Å²) in [5, 5.41) is 4.13. The first-order valence-corrected chi connectivity index (χ1v) is 3.89. The summed E-state index contributed by atoms with van der Waals surface area (Å²) in [5.74, 6) is 1.35. The fourth-order valence-corrected chi connectivity index (χ4v) is 0.892. The molecule has 4 nitrogen and oxygen atoms in total. The quantitative estimate of drug-likeness (QED) is 0.698. The lowest BCUT2D eigenvalue weighted by atomic mass is 10.2. The Morgan fingerprint density at radius 3 is 2.73 bits per heavy atom. The molecule has 0 aliphatic heterocycles. The van der Waals surface area contributed by atoms with Gasteiger partial charge < -0.3 is 5.73 Å². The van der Waals surface area contributed by atoms with E-state index in [0.29, 0.717) is 5.95 Å². The van der Waals surface area contributed by atoms with Gasteiger partial charge >= 0.3 is 0 Å². The molecule has 1 heterocycles. The summed E-state index contributed by atoms with van der Waals surface area (Å²) < 4.78 is 1.60. The van der Waals surface area contributed by atoms with Crippen molar-refractivity contribution in [2.75, 3.05) is 5.73 Å². The molecule has 11 heavy (non-hydrogen) atoms. The van der Waals surface area contributed by atoms with Gasteiger partial charge in [-0.05, 0) is 6.42 Å². The smallest absolute Gasteiger partial charge is 0.218 e. The van der Waals surface area contributed by atoms with Gasteiger partial charge in [-0.1, -0.05) is 13.3 Å². The van der Waals surface area contributed by atoms with Gasteiger partial charge in [0.2, 0.25) is 5.95 Å². The standard InChI is InChI=1S/C7H14N4/c1-3-4-5-6-9-7(8)11(2)10-6/h3-5H2,1-2H3,(H2,8,9,10). The van der Waals surface area contributed by atoms with Crippen LogP contribution in [0.4, 0.5) is 5.95 Å². The molecule has 0 spiro atoms. The summed E-state index contributed by atoms with van der Waals surface area (Å²) in [6.45, 7) is 2.15. The Bertz CT molecular complexity index is 209. The first kappa shape index (κ1) is 8.04. The molecule has 1 aromatic heterocycles. The number of nitrogens with zero attached hydrogens (tertiary/aromatic N) is 3. The number of unbranched alkanes of at least 4 members (excludes halogenated alkanes) is 1. The summed E-state index contributed by atoms with van der Waals surface area (Å²) in [6.07, 6.45) is 3.23. The van der Waals surface area contributed by atoms with Crippen LogP contribution in [-0.4, -0.2) is 14.8 Å². The van der Waals surface area contributed by atoms with Crippen LogP contribution in [0.5, 0.6) is 0 Å². The van der Waals surface area contributed by atoms with Crippen LogP contribution < -0.4 is 5.73 Å². The number of aromatic nitrogens is 3. The highest BCUT2D eigenvalue weighted by Gasteiger charge is 2.01. The molecule has 0 aliphatic carbocycles. The van der Waals surface area contributed by atoms with Crippen molar-refractivity contribution < 1.29 is 0 Å². The minimum Gasteiger partial charge on any atom is -0.368 e. The number of hydrogen-bond acceptors (Lipinski definition) is 3. The molecule has 0 aliphatic rings. The predicted molar refractivity (Wildman–Crippen MR) is 44.0 cm³/mol. The van der Waals surface area contributed by atoms with Crippen LogP contribution in [-0.2, 0) is 13.5 Å². The lowest BCUT2D eigenvalue weighted by molar-refractivity contribution is 0.713. The molecule has 62 valence electrons. The van der Waals surface area contributed by atoms with Crippen LogP contribution >= 0.6 is 0 Å². The van der Waals surface area contributed by atoms with Gasteiger partial charge in [-0.25, -0.2) is 4.68 Å². The largest absolute Gasteiger partial charge is 0.368 e. The fourth-order valence-electron chi connectivity index (χ4n) is 0.892. The molecule has 0 aromatic carbocycles. The number of nitrogens with two attached hydrogens (primary N) is 1. The molecule has 0 saturated heterocycles. The molecule has 2 N–H and O–H groups in total. The van der Waals surface area contributed by atoms with E-state index >= 15 is 0 Å². The molecule has 0 radical (unpaired) electrons. The number of anilines is 1. The van der Waals surface area contributed by atoms with E-state index in [9.17, 15) is 0 Å². The zero-order valence-corrected chi connectivity index (χ0v) is 7.04. The van der Waals surface area contributed by atoms with Crippen molar-refractivity contribution in [3.63, 3.8) is 0 Å². The highest BCUT2D eigenvalue weighted by atomic mass is 15.4. The van der Waals surface area contributed by atoms with Crippen LogP contribution in [0.25, 0.3) is 0 Å². The van der Waals surface area contributed by atoms with Crippen molar-refractivity contribution in [1.82, 2.24) is 14.8 Å². The second-order valence-electron chi connectivity index (χ2n) is 2.61. The van der Waals surface area contributed by atoms with E-state index in [0.717, 1.165) is 25.1 Å². The van der Waals surface area contributed by atoms with Gasteiger partial charge in [0.05, 0.1) is 0 Å². The van der Waals surface area contributed by atoms with Crippen LogP contribution in [0.1, 0.15) is 25.6 Å². The van der Waals surface area contributed by atoms with E-state index in [-0.39, 0.29) is 0 Å². The van der Waals surface area contributed by atoms with Crippen LogP contribution in [0.2, 0.25) is 0 Å². The maximum Gasteiger partial charge on any atom is 0.218 e. The number of nitrogen functional groups attached to an aromatic ring is 1. The lowest BCUT2D eigenvalue weighted by Crippen LogP contribution is -1.97. The first-order chi connectivity index (χ1) is 5.24. The molecule has 0 atom stereocenters. The average molecular weight is 154 g/mol. The summed E-state index contributed by atoms with van der Waals surface area (Å²) in [5.41, 5.74) is 5.50. The third-order valence-corrected chi connectivity index (χ3v) is 1.59. The maximum absolute atomic E-state index is 5.50. The Balaban J connectivity index is 2.58. The second kappa shape index (κ2) is 3.37. The Kier molecular flexibility index (Phi) is 2.46. The monoisotopic (exact) mass is 154 g/mol. The molecule has 0 amide bonds. The maximum atomic E-state index is 5.50. The van der Waals surface area contributed by atoms with Crippen molar-refractivity contribution >= 4 is 5.95 Å². The van der Waals surface area contributed by atoms with Gasteiger partial charge in [0, 0.05) is 13.5 Å². The normalized spacial score (nSPS) is 10.4. The zero-order valence-electron chi connectivity index (χ0n) is 7.04. The van der Waals surface area contributed by atoms with Crippen molar-refractivity contribution in [2.24, 2.45) is 7.05 Å². The van der Waals surface area contributed by atoms with Gasteiger partial charge in [0.1, 0.15) is 0 Å². The van der Waals surface area contributed by atoms with Crippen LogP contribution in [0.15, 0.2) is 0 Å². The van der Waals surface area contributed by atoms with Crippen LogP contribution in [0.3, 0.4) is 0 Å². The van der Waals surface area contributed by atoms with E-state index in [1.165, 1.54) is 0 Å². The highest BCUT2D eigenvalue weighted by Crippen LogP contribution is 2.01. The second-order valence-corrected chi connectivity index (χ2v) is 2.61. The van der Waals surface area contributed by atoms with E-state index < -0.39 is 0 Å². The van der Waals surface area contributed by atoms with E-state index in [2.05, 4.69) is 17.0 Å². The summed E-state index contributed by atoms with van der Waals surface area (Å²) >= 11 is 0. The molecule has 0 bridgehead atoms.